The molecule has 1 aliphatic carbocycles. The van der Waals surface area contributed by atoms with Gasteiger partial charge in [0.2, 0.25) is 10.0 Å². The van der Waals surface area contributed by atoms with Crippen molar-refractivity contribution in [3.8, 4) is 0 Å². The maximum atomic E-state index is 12.2. The second-order valence-electron chi connectivity index (χ2n) is 5.81. The molecule has 0 spiro atoms. The van der Waals surface area contributed by atoms with Crippen LogP contribution in [0.2, 0.25) is 0 Å². The Labute approximate surface area is 125 Å². The first-order valence-corrected chi connectivity index (χ1v) is 8.70. The van der Waals surface area contributed by atoms with Crippen molar-refractivity contribution in [3.63, 3.8) is 0 Å². The van der Waals surface area contributed by atoms with Crippen molar-refractivity contribution in [1.29, 1.82) is 0 Å². The lowest BCUT2D eigenvalue weighted by atomic mass is 9.83. The zero-order chi connectivity index (χ0) is 15.5. The van der Waals surface area contributed by atoms with E-state index >= 15 is 0 Å². The van der Waals surface area contributed by atoms with E-state index in [2.05, 4.69) is 11.6 Å². The molecule has 0 aromatic heterocycles. The van der Waals surface area contributed by atoms with Gasteiger partial charge in [-0.3, -0.25) is 0 Å². The summed E-state index contributed by atoms with van der Waals surface area (Å²) < 4.78 is 27.0. The smallest absolute Gasteiger partial charge is 0.335 e. The molecule has 0 saturated heterocycles. The van der Waals surface area contributed by atoms with Crippen molar-refractivity contribution in [2.24, 2.45) is 11.8 Å². The fourth-order valence-electron chi connectivity index (χ4n) is 2.62. The van der Waals surface area contributed by atoms with Crippen LogP contribution in [-0.2, 0) is 10.0 Å². The minimum absolute atomic E-state index is 0.0789. The number of carboxylic acid groups (broad SMARTS) is 1. The Morgan fingerprint density at radius 3 is 2.29 bits per heavy atom. The Kier molecular flexibility index (Phi) is 5.00. The highest BCUT2D eigenvalue weighted by Crippen LogP contribution is 2.28. The molecule has 1 saturated carbocycles. The zero-order valence-electron chi connectivity index (χ0n) is 12.1. The summed E-state index contributed by atoms with van der Waals surface area (Å²) in [6, 6.07) is 5.27. The molecule has 2 N–H and O–H groups in total. The number of nitrogens with one attached hydrogen (secondary N) is 1. The monoisotopic (exact) mass is 311 g/mol. The summed E-state index contributed by atoms with van der Waals surface area (Å²) in [7, 11) is -3.56. The molecule has 0 radical (unpaired) electrons. The Hall–Kier alpha value is -1.40. The second-order valence-corrected chi connectivity index (χ2v) is 7.57. The maximum absolute atomic E-state index is 12.2. The second kappa shape index (κ2) is 6.58. The molecule has 21 heavy (non-hydrogen) atoms. The number of sulfonamides is 1. The topological polar surface area (TPSA) is 83.5 Å². The molecular formula is C15H21NO4S. The van der Waals surface area contributed by atoms with Crippen LogP contribution in [0.1, 0.15) is 43.0 Å². The first-order chi connectivity index (χ1) is 9.88. The number of hydrogen-bond acceptors (Lipinski definition) is 3. The molecule has 116 valence electrons. The molecular weight excluding hydrogens is 290 g/mol. The van der Waals surface area contributed by atoms with E-state index in [4.69, 9.17) is 5.11 Å². The molecule has 0 unspecified atom stereocenters. The van der Waals surface area contributed by atoms with E-state index in [0.717, 1.165) is 31.6 Å². The Balaban J connectivity index is 1.96. The van der Waals surface area contributed by atoms with Crippen LogP contribution in [0.5, 0.6) is 0 Å². The Morgan fingerprint density at radius 1 is 1.19 bits per heavy atom. The van der Waals surface area contributed by atoms with Gasteiger partial charge in [-0.15, -0.1) is 0 Å². The minimum Gasteiger partial charge on any atom is -0.478 e. The van der Waals surface area contributed by atoms with Crippen LogP contribution < -0.4 is 4.72 Å². The number of benzene rings is 1. The van der Waals surface area contributed by atoms with Crippen LogP contribution >= 0.6 is 0 Å². The highest BCUT2D eigenvalue weighted by Gasteiger charge is 2.21. The quantitative estimate of drug-likeness (QED) is 0.875. The summed E-state index contributed by atoms with van der Waals surface area (Å²) in [5.74, 6) is 0.0684. The van der Waals surface area contributed by atoms with E-state index in [9.17, 15) is 13.2 Å². The number of hydrogen-bond donors (Lipinski definition) is 2. The molecule has 0 bridgehead atoms. The summed E-state index contributed by atoms with van der Waals surface area (Å²) in [6.45, 7) is 2.68. The number of carbonyl (C=O) groups is 1. The highest BCUT2D eigenvalue weighted by molar-refractivity contribution is 7.89. The van der Waals surface area contributed by atoms with Gasteiger partial charge in [-0.25, -0.2) is 17.9 Å². The third-order valence-electron chi connectivity index (χ3n) is 4.11. The average Bonchev–Trinajstić information content (AvgIpc) is 2.47. The molecule has 2 rings (SSSR count). The molecule has 0 amide bonds. The van der Waals surface area contributed by atoms with Crippen LogP contribution in [0.4, 0.5) is 0 Å². The maximum Gasteiger partial charge on any atom is 0.335 e. The zero-order valence-corrected chi connectivity index (χ0v) is 12.9. The highest BCUT2D eigenvalue weighted by atomic mass is 32.2. The van der Waals surface area contributed by atoms with Crippen molar-refractivity contribution in [2.45, 2.75) is 37.5 Å². The van der Waals surface area contributed by atoms with Gasteiger partial charge in [0, 0.05) is 6.54 Å². The lowest BCUT2D eigenvalue weighted by molar-refractivity contribution is 0.0696. The molecule has 1 aliphatic rings. The van der Waals surface area contributed by atoms with E-state index < -0.39 is 16.0 Å². The van der Waals surface area contributed by atoms with E-state index in [1.165, 1.54) is 24.3 Å². The predicted molar refractivity (Wildman–Crippen MR) is 79.7 cm³/mol. The molecule has 1 aromatic rings. The van der Waals surface area contributed by atoms with Crippen molar-refractivity contribution >= 4 is 16.0 Å². The van der Waals surface area contributed by atoms with Crippen LogP contribution in [0.25, 0.3) is 0 Å². The van der Waals surface area contributed by atoms with E-state index in [1.807, 2.05) is 0 Å². The average molecular weight is 311 g/mol. The summed E-state index contributed by atoms with van der Waals surface area (Å²) in [5.41, 5.74) is 0.0789. The largest absolute Gasteiger partial charge is 0.478 e. The minimum atomic E-state index is -3.56. The standard InChI is InChI=1S/C15H21NO4S/c1-11-2-4-12(5-3-11)10-16-21(19,20)14-8-6-13(7-9-14)15(17)18/h6-9,11-12,16H,2-5,10H2,1H3,(H,17,18). The third-order valence-corrected chi connectivity index (χ3v) is 5.55. The van der Waals surface area contributed by atoms with Crippen molar-refractivity contribution < 1.29 is 18.3 Å². The van der Waals surface area contributed by atoms with Gasteiger partial charge in [0.05, 0.1) is 10.5 Å². The third kappa shape index (κ3) is 4.28. The molecule has 0 atom stereocenters. The molecule has 0 aliphatic heterocycles. The van der Waals surface area contributed by atoms with Gasteiger partial charge >= 0.3 is 5.97 Å². The summed E-state index contributed by atoms with van der Waals surface area (Å²) >= 11 is 0. The first-order valence-electron chi connectivity index (χ1n) is 7.21. The molecule has 1 aromatic carbocycles. The van der Waals surface area contributed by atoms with E-state index in [1.54, 1.807) is 0 Å². The first kappa shape index (κ1) is 16.0. The summed E-state index contributed by atoms with van der Waals surface area (Å²) in [5, 5.41) is 8.81. The fraction of sp³-hybridized carbons (Fsp3) is 0.533. The van der Waals surface area contributed by atoms with Crippen LogP contribution in [-0.4, -0.2) is 26.0 Å². The van der Waals surface area contributed by atoms with Gasteiger partial charge in [-0.05, 0) is 48.9 Å². The molecule has 1 fully saturated rings. The molecule has 5 nitrogen and oxygen atoms in total. The van der Waals surface area contributed by atoms with Crippen LogP contribution in [0, 0.1) is 11.8 Å². The summed E-state index contributed by atoms with van der Waals surface area (Å²) in [4.78, 5) is 10.9. The van der Waals surface area contributed by atoms with E-state index in [-0.39, 0.29) is 10.5 Å². The fourth-order valence-corrected chi connectivity index (χ4v) is 3.74. The van der Waals surface area contributed by atoms with Gasteiger partial charge in [0.25, 0.3) is 0 Å². The molecule has 0 heterocycles. The van der Waals surface area contributed by atoms with Gasteiger partial charge in [0.1, 0.15) is 0 Å². The summed E-state index contributed by atoms with van der Waals surface area (Å²) in [6.07, 6.45) is 4.42. The Bertz CT molecular complexity index is 587. The van der Waals surface area contributed by atoms with Gasteiger partial charge in [-0.1, -0.05) is 19.8 Å². The normalized spacial score (nSPS) is 22.9. The van der Waals surface area contributed by atoms with Crippen molar-refractivity contribution in [2.75, 3.05) is 6.54 Å². The van der Waals surface area contributed by atoms with Gasteiger partial charge < -0.3 is 5.11 Å². The number of rotatable bonds is 5. The van der Waals surface area contributed by atoms with Crippen LogP contribution in [0.3, 0.4) is 0 Å². The number of carboxylic acids is 1. The molecule has 6 heteroatoms. The Morgan fingerprint density at radius 2 is 1.76 bits per heavy atom. The van der Waals surface area contributed by atoms with Crippen molar-refractivity contribution in [3.05, 3.63) is 29.8 Å². The van der Waals surface area contributed by atoms with Crippen LogP contribution in [0.15, 0.2) is 29.2 Å². The van der Waals surface area contributed by atoms with E-state index in [0.29, 0.717) is 12.5 Å². The predicted octanol–water partition coefficient (Wildman–Crippen LogP) is 2.49. The SMILES string of the molecule is CC1CCC(CNS(=O)(=O)c2ccc(C(=O)O)cc2)CC1. The lowest BCUT2D eigenvalue weighted by Gasteiger charge is -2.26. The van der Waals surface area contributed by atoms with Gasteiger partial charge in [0.15, 0.2) is 0 Å². The van der Waals surface area contributed by atoms with Gasteiger partial charge in [-0.2, -0.15) is 0 Å². The number of aromatic carboxylic acids is 1. The lowest BCUT2D eigenvalue weighted by Crippen LogP contribution is -2.31. The van der Waals surface area contributed by atoms with Crippen molar-refractivity contribution in [1.82, 2.24) is 4.72 Å².